The predicted octanol–water partition coefficient (Wildman–Crippen LogP) is 0.939. The zero-order chi connectivity index (χ0) is 6.41. The van der Waals surface area contributed by atoms with Crippen LogP contribution >= 0.6 is 11.3 Å². The van der Waals surface area contributed by atoms with Crippen molar-refractivity contribution in [2.45, 2.75) is 0 Å². The largest absolute Gasteiger partial charge is 0.400 e. The summed E-state index contributed by atoms with van der Waals surface area (Å²) in [6.07, 6.45) is 0. The zero-order valence-electron chi connectivity index (χ0n) is 4.66. The average Bonchev–Trinajstić information content (AvgIpc) is 2.24. The van der Waals surface area contributed by atoms with E-state index in [1.54, 1.807) is 11.3 Å². The molecule has 1 heterocycles. The Hall–Kier alpha value is -0.540. The molecule has 0 unspecified atom stereocenters. The summed E-state index contributed by atoms with van der Waals surface area (Å²) in [6, 6.07) is 1.88. The molecule has 2 nitrogen and oxygen atoms in total. The molecular formula is C5H9NOS. The number of hydrogen-bond donors (Lipinski definition) is 2. The summed E-state index contributed by atoms with van der Waals surface area (Å²) in [7, 11) is 1.00. The zero-order valence-corrected chi connectivity index (χ0v) is 5.48. The Balaban J connectivity index is 0.000000222. The highest BCUT2D eigenvalue weighted by Gasteiger charge is 1.74. The van der Waals surface area contributed by atoms with Crippen LogP contribution in [0.5, 0.6) is 0 Å². The lowest BCUT2D eigenvalue weighted by Gasteiger charge is -1.68. The molecule has 0 aliphatic carbocycles. The van der Waals surface area contributed by atoms with Crippen molar-refractivity contribution in [3.8, 4) is 0 Å². The van der Waals surface area contributed by atoms with Gasteiger partial charge in [0.05, 0.1) is 0 Å². The predicted molar refractivity (Wildman–Crippen MR) is 36.9 cm³/mol. The smallest absolute Gasteiger partial charge is 0.0422 e. The minimum Gasteiger partial charge on any atom is -0.400 e. The maximum Gasteiger partial charge on any atom is 0.0422 e. The molecule has 0 amide bonds. The lowest BCUT2D eigenvalue weighted by atomic mass is 10.6. The van der Waals surface area contributed by atoms with Gasteiger partial charge in [-0.1, -0.05) is 0 Å². The Bertz CT molecular complexity index is 116. The maximum atomic E-state index is 7.00. The number of aliphatic hydroxyl groups is 1. The van der Waals surface area contributed by atoms with Gasteiger partial charge in [-0.3, -0.25) is 0 Å². The van der Waals surface area contributed by atoms with Crippen LogP contribution in [0.2, 0.25) is 0 Å². The minimum absolute atomic E-state index is 0.861. The van der Waals surface area contributed by atoms with Crippen LogP contribution in [0.25, 0.3) is 0 Å². The van der Waals surface area contributed by atoms with Crippen LogP contribution in [0.15, 0.2) is 16.8 Å². The van der Waals surface area contributed by atoms with E-state index < -0.39 is 0 Å². The van der Waals surface area contributed by atoms with Gasteiger partial charge in [0.2, 0.25) is 0 Å². The van der Waals surface area contributed by atoms with Gasteiger partial charge < -0.3 is 10.8 Å². The summed E-state index contributed by atoms with van der Waals surface area (Å²) in [5, 5.41) is 10.9. The third-order valence-electron chi connectivity index (χ3n) is 0.543. The van der Waals surface area contributed by atoms with E-state index in [-0.39, 0.29) is 0 Å². The van der Waals surface area contributed by atoms with Gasteiger partial charge in [0.1, 0.15) is 0 Å². The van der Waals surface area contributed by atoms with Gasteiger partial charge in [0.25, 0.3) is 0 Å². The van der Waals surface area contributed by atoms with Crippen molar-refractivity contribution in [2.75, 3.05) is 12.8 Å². The maximum absolute atomic E-state index is 7.00. The Morgan fingerprint density at radius 1 is 1.62 bits per heavy atom. The number of nitrogens with two attached hydrogens (primary N) is 1. The molecule has 3 heteroatoms. The first-order valence-electron chi connectivity index (χ1n) is 2.12. The molecular weight excluding hydrogens is 122 g/mol. The summed E-state index contributed by atoms with van der Waals surface area (Å²) >= 11 is 1.61. The number of anilines is 1. The van der Waals surface area contributed by atoms with Crippen molar-refractivity contribution in [3.05, 3.63) is 16.8 Å². The summed E-state index contributed by atoms with van der Waals surface area (Å²) in [6.45, 7) is 0. The van der Waals surface area contributed by atoms with Crippen molar-refractivity contribution in [2.24, 2.45) is 0 Å². The lowest BCUT2D eigenvalue weighted by molar-refractivity contribution is 0.399. The second-order valence-electron chi connectivity index (χ2n) is 1.06. The molecule has 0 atom stereocenters. The van der Waals surface area contributed by atoms with E-state index in [0.29, 0.717) is 0 Å². The standard InChI is InChI=1S/C4H5NS.CH4O/c5-4-1-2-6-3-4;1-2/h1-3H,5H2;2H,1H3. The molecule has 0 bridgehead atoms. The third kappa shape index (κ3) is 2.60. The van der Waals surface area contributed by atoms with E-state index in [4.69, 9.17) is 10.8 Å². The van der Waals surface area contributed by atoms with E-state index in [0.717, 1.165) is 12.8 Å². The molecule has 0 aliphatic rings. The Morgan fingerprint density at radius 3 is 2.38 bits per heavy atom. The molecule has 0 spiro atoms. The molecule has 0 saturated carbocycles. The van der Waals surface area contributed by atoms with Crippen LogP contribution in [-0.2, 0) is 0 Å². The SMILES string of the molecule is CO.Nc1ccsc1. The number of hydrogen-bond acceptors (Lipinski definition) is 3. The first kappa shape index (κ1) is 7.46. The number of nitrogen functional groups attached to an aromatic ring is 1. The van der Waals surface area contributed by atoms with Crippen LogP contribution in [0.3, 0.4) is 0 Å². The van der Waals surface area contributed by atoms with Crippen molar-refractivity contribution >= 4 is 17.0 Å². The van der Waals surface area contributed by atoms with Gasteiger partial charge in [-0.05, 0) is 11.4 Å². The summed E-state index contributed by atoms with van der Waals surface area (Å²) < 4.78 is 0. The molecule has 46 valence electrons. The fourth-order valence-corrected chi connectivity index (χ4v) is 0.825. The minimum atomic E-state index is 0.861. The topological polar surface area (TPSA) is 46.2 Å². The van der Waals surface area contributed by atoms with Crippen LogP contribution in [0.4, 0.5) is 5.69 Å². The van der Waals surface area contributed by atoms with Crippen LogP contribution in [-0.4, -0.2) is 12.2 Å². The van der Waals surface area contributed by atoms with Crippen LogP contribution in [0, 0.1) is 0 Å². The molecule has 8 heavy (non-hydrogen) atoms. The van der Waals surface area contributed by atoms with Gasteiger partial charge in [-0.25, -0.2) is 0 Å². The van der Waals surface area contributed by atoms with Gasteiger partial charge in [0.15, 0.2) is 0 Å². The van der Waals surface area contributed by atoms with Crippen molar-refractivity contribution in [1.82, 2.24) is 0 Å². The fraction of sp³-hybridized carbons (Fsp3) is 0.200. The normalized spacial score (nSPS) is 7.25. The summed E-state index contributed by atoms with van der Waals surface area (Å²) in [5.74, 6) is 0. The van der Waals surface area contributed by atoms with Crippen molar-refractivity contribution in [3.63, 3.8) is 0 Å². The molecule has 1 rings (SSSR count). The second kappa shape index (κ2) is 4.61. The highest BCUT2D eigenvalue weighted by atomic mass is 32.1. The van der Waals surface area contributed by atoms with Gasteiger partial charge >= 0.3 is 0 Å². The first-order chi connectivity index (χ1) is 3.89. The quantitative estimate of drug-likeness (QED) is 0.550. The lowest BCUT2D eigenvalue weighted by Crippen LogP contribution is -1.74. The fourth-order valence-electron chi connectivity index (χ4n) is 0.275. The molecule has 0 saturated heterocycles. The van der Waals surface area contributed by atoms with Gasteiger partial charge in [0, 0.05) is 18.2 Å². The number of thiophene rings is 1. The summed E-state index contributed by atoms with van der Waals surface area (Å²) in [4.78, 5) is 0. The third-order valence-corrected chi connectivity index (χ3v) is 1.24. The van der Waals surface area contributed by atoms with Crippen molar-refractivity contribution < 1.29 is 5.11 Å². The molecule has 0 fully saturated rings. The molecule has 1 aromatic heterocycles. The molecule has 0 radical (unpaired) electrons. The highest BCUT2D eigenvalue weighted by Crippen LogP contribution is 2.05. The Kier molecular flexibility index (Phi) is 4.30. The number of aliphatic hydroxyl groups excluding tert-OH is 1. The highest BCUT2D eigenvalue weighted by molar-refractivity contribution is 7.08. The van der Waals surface area contributed by atoms with Crippen molar-refractivity contribution in [1.29, 1.82) is 0 Å². The first-order valence-corrected chi connectivity index (χ1v) is 3.06. The van der Waals surface area contributed by atoms with Gasteiger partial charge in [-0.2, -0.15) is 11.3 Å². The van der Waals surface area contributed by atoms with Crippen LogP contribution in [0.1, 0.15) is 0 Å². The Labute approximate surface area is 52.6 Å². The van der Waals surface area contributed by atoms with E-state index in [1.807, 2.05) is 16.8 Å². The summed E-state index contributed by atoms with van der Waals surface area (Å²) in [5.41, 5.74) is 6.15. The van der Waals surface area contributed by atoms with Gasteiger partial charge in [-0.15, -0.1) is 0 Å². The molecule has 0 aliphatic heterocycles. The molecule has 1 aromatic rings. The van der Waals surface area contributed by atoms with Crippen LogP contribution < -0.4 is 5.73 Å². The molecule has 0 aromatic carbocycles. The monoisotopic (exact) mass is 131 g/mol. The van der Waals surface area contributed by atoms with E-state index in [9.17, 15) is 0 Å². The van der Waals surface area contributed by atoms with E-state index >= 15 is 0 Å². The second-order valence-corrected chi connectivity index (χ2v) is 1.84. The molecule has 3 N–H and O–H groups in total. The average molecular weight is 131 g/mol. The van der Waals surface area contributed by atoms with E-state index in [2.05, 4.69) is 0 Å². The Morgan fingerprint density at radius 2 is 2.25 bits per heavy atom. The number of rotatable bonds is 0. The van der Waals surface area contributed by atoms with E-state index in [1.165, 1.54) is 0 Å².